The summed E-state index contributed by atoms with van der Waals surface area (Å²) in [7, 11) is 3.45. The van der Waals surface area contributed by atoms with Crippen LogP contribution in [0.25, 0.3) is 0 Å². The van der Waals surface area contributed by atoms with Crippen molar-refractivity contribution in [3.63, 3.8) is 0 Å². The van der Waals surface area contributed by atoms with Gasteiger partial charge in [-0.15, -0.1) is 0 Å². The molecule has 0 aliphatic heterocycles. The lowest BCUT2D eigenvalue weighted by Crippen LogP contribution is -2.26. The van der Waals surface area contributed by atoms with E-state index in [9.17, 15) is 0 Å². The summed E-state index contributed by atoms with van der Waals surface area (Å²) in [6, 6.07) is 0. The van der Waals surface area contributed by atoms with Gasteiger partial charge in [-0.3, -0.25) is 0 Å². The number of hydrogen-bond donors (Lipinski definition) is 1. The van der Waals surface area contributed by atoms with Gasteiger partial charge in [-0.25, -0.2) is 4.98 Å². The van der Waals surface area contributed by atoms with Crippen molar-refractivity contribution >= 4 is 0 Å². The van der Waals surface area contributed by atoms with Crippen molar-refractivity contribution in [2.75, 3.05) is 27.4 Å². The average molecular weight is 255 g/mol. The summed E-state index contributed by atoms with van der Waals surface area (Å²) in [4.78, 5) is 4.36. The number of nitrogens with zero attached hydrogens (tertiary/aromatic N) is 2. The predicted molar refractivity (Wildman–Crippen MR) is 71.5 cm³/mol. The van der Waals surface area contributed by atoms with Crippen LogP contribution >= 0.6 is 0 Å². The normalized spacial score (nSPS) is 12.0. The van der Waals surface area contributed by atoms with Crippen LogP contribution < -0.4 is 5.32 Å². The predicted octanol–water partition coefficient (Wildman–Crippen LogP) is 1.43. The van der Waals surface area contributed by atoms with Crippen LogP contribution in [0, 0.1) is 0 Å². The number of imidazole rings is 1. The highest BCUT2D eigenvalue weighted by Crippen LogP contribution is 2.14. The van der Waals surface area contributed by atoms with Crippen LogP contribution in [-0.4, -0.2) is 42.5 Å². The van der Waals surface area contributed by atoms with Crippen LogP contribution in [0.2, 0.25) is 0 Å². The molecule has 104 valence electrons. The topological polar surface area (TPSA) is 48.3 Å². The van der Waals surface area contributed by atoms with Gasteiger partial charge < -0.3 is 19.4 Å². The Bertz CT molecular complexity index is 337. The molecular formula is C13H25N3O2. The first-order valence-corrected chi connectivity index (χ1v) is 6.34. The quantitative estimate of drug-likeness (QED) is 0.678. The third kappa shape index (κ3) is 5.16. The minimum Gasteiger partial charge on any atom is -0.383 e. The van der Waals surface area contributed by atoms with Crippen molar-refractivity contribution in [2.24, 2.45) is 0 Å². The lowest BCUT2D eigenvalue weighted by molar-refractivity contribution is 0.0119. The van der Waals surface area contributed by atoms with Crippen LogP contribution in [0.3, 0.4) is 0 Å². The molecule has 1 aromatic rings. The molecule has 1 aromatic heterocycles. The van der Waals surface area contributed by atoms with E-state index >= 15 is 0 Å². The van der Waals surface area contributed by atoms with E-state index in [1.165, 1.54) is 0 Å². The minimum absolute atomic E-state index is 0.0922. The van der Waals surface area contributed by atoms with Gasteiger partial charge in [-0.05, 0) is 20.3 Å². The fourth-order valence-electron chi connectivity index (χ4n) is 1.58. The molecular weight excluding hydrogens is 230 g/mol. The number of aromatic nitrogens is 2. The van der Waals surface area contributed by atoms with E-state index in [1.54, 1.807) is 14.2 Å². The zero-order valence-corrected chi connectivity index (χ0v) is 11.9. The van der Waals surface area contributed by atoms with Crippen molar-refractivity contribution in [3.05, 3.63) is 18.2 Å². The lowest BCUT2D eigenvalue weighted by atomic mass is 10.1. The highest BCUT2D eigenvalue weighted by molar-refractivity contribution is 4.92. The first-order chi connectivity index (χ1) is 8.59. The number of rotatable bonds is 9. The Morgan fingerprint density at radius 2 is 2.17 bits per heavy atom. The van der Waals surface area contributed by atoms with Crippen LogP contribution in [-0.2, 0) is 22.6 Å². The van der Waals surface area contributed by atoms with Crippen LogP contribution in [0.1, 0.15) is 26.1 Å². The minimum atomic E-state index is -0.0922. The van der Waals surface area contributed by atoms with E-state index in [0.29, 0.717) is 0 Å². The number of methoxy groups -OCH3 is 2. The molecule has 0 bridgehead atoms. The van der Waals surface area contributed by atoms with Gasteiger partial charge >= 0.3 is 0 Å². The molecule has 0 radical (unpaired) electrons. The molecule has 1 heterocycles. The fraction of sp³-hybridized carbons (Fsp3) is 0.769. The summed E-state index contributed by atoms with van der Waals surface area (Å²) in [6.07, 6.45) is 4.82. The van der Waals surface area contributed by atoms with E-state index in [-0.39, 0.29) is 5.60 Å². The maximum Gasteiger partial charge on any atom is 0.122 e. The van der Waals surface area contributed by atoms with Gasteiger partial charge in [0.2, 0.25) is 0 Å². The van der Waals surface area contributed by atoms with Gasteiger partial charge in [0.1, 0.15) is 5.82 Å². The van der Waals surface area contributed by atoms with Crippen LogP contribution in [0.4, 0.5) is 0 Å². The maximum atomic E-state index is 5.42. The molecule has 0 aliphatic carbocycles. The van der Waals surface area contributed by atoms with Gasteiger partial charge in [0.25, 0.3) is 0 Å². The van der Waals surface area contributed by atoms with Crippen LogP contribution in [0.5, 0.6) is 0 Å². The summed E-state index contributed by atoms with van der Waals surface area (Å²) in [6.45, 7) is 7.44. The highest BCUT2D eigenvalue weighted by atomic mass is 16.5. The second-order valence-electron chi connectivity index (χ2n) is 4.92. The molecule has 1 rings (SSSR count). The molecule has 5 nitrogen and oxygen atoms in total. The third-order valence-electron chi connectivity index (χ3n) is 3.08. The van der Waals surface area contributed by atoms with E-state index in [2.05, 4.69) is 28.7 Å². The van der Waals surface area contributed by atoms with Crippen molar-refractivity contribution in [3.8, 4) is 0 Å². The molecule has 18 heavy (non-hydrogen) atoms. The zero-order valence-electron chi connectivity index (χ0n) is 11.9. The average Bonchev–Trinajstić information content (AvgIpc) is 2.80. The Morgan fingerprint density at radius 1 is 1.39 bits per heavy atom. The second-order valence-corrected chi connectivity index (χ2v) is 4.92. The van der Waals surface area contributed by atoms with Gasteiger partial charge in [0.15, 0.2) is 0 Å². The Balaban J connectivity index is 2.40. The van der Waals surface area contributed by atoms with Gasteiger partial charge in [0.05, 0.1) is 18.8 Å². The van der Waals surface area contributed by atoms with Crippen molar-refractivity contribution in [1.82, 2.24) is 14.9 Å². The summed E-state index contributed by atoms with van der Waals surface area (Å²) in [5.41, 5.74) is -0.0922. The second kappa shape index (κ2) is 7.51. The van der Waals surface area contributed by atoms with E-state index in [0.717, 1.165) is 38.5 Å². The summed E-state index contributed by atoms with van der Waals surface area (Å²) < 4.78 is 12.6. The molecule has 0 aliphatic rings. The molecule has 0 amide bonds. The SMILES string of the molecule is COCCNCc1nccn1CCC(C)(C)OC. The van der Waals surface area contributed by atoms with Crippen molar-refractivity contribution in [2.45, 2.75) is 39.0 Å². The van der Waals surface area contributed by atoms with Crippen LogP contribution in [0.15, 0.2) is 12.4 Å². The summed E-state index contributed by atoms with van der Waals surface area (Å²) in [5, 5.41) is 3.30. The monoisotopic (exact) mass is 255 g/mol. The number of ether oxygens (including phenoxy) is 2. The molecule has 0 spiro atoms. The zero-order chi connectivity index (χ0) is 13.4. The highest BCUT2D eigenvalue weighted by Gasteiger charge is 2.16. The largest absolute Gasteiger partial charge is 0.383 e. The number of aryl methyl sites for hydroxylation is 1. The maximum absolute atomic E-state index is 5.42. The fourth-order valence-corrected chi connectivity index (χ4v) is 1.58. The van der Waals surface area contributed by atoms with E-state index in [4.69, 9.17) is 9.47 Å². The van der Waals surface area contributed by atoms with Gasteiger partial charge in [-0.2, -0.15) is 0 Å². The Morgan fingerprint density at radius 3 is 2.83 bits per heavy atom. The standard InChI is InChI=1S/C13H25N3O2/c1-13(2,18-4)5-8-16-9-6-15-12(16)11-14-7-10-17-3/h6,9,14H,5,7-8,10-11H2,1-4H3. The number of hydrogen-bond acceptors (Lipinski definition) is 4. The summed E-state index contributed by atoms with van der Waals surface area (Å²) >= 11 is 0. The summed E-state index contributed by atoms with van der Waals surface area (Å²) in [5.74, 6) is 1.05. The first-order valence-electron chi connectivity index (χ1n) is 6.34. The molecule has 5 heteroatoms. The molecule has 0 fully saturated rings. The Kier molecular flexibility index (Phi) is 6.32. The first kappa shape index (κ1) is 15.1. The number of nitrogens with one attached hydrogen (secondary N) is 1. The Hall–Kier alpha value is -0.910. The van der Waals surface area contributed by atoms with Crippen molar-refractivity contribution < 1.29 is 9.47 Å². The lowest BCUT2D eigenvalue weighted by Gasteiger charge is -2.23. The van der Waals surface area contributed by atoms with E-state index < -0.39 is 0 Å². The van der Waals surface area contributed by atoms with E-state index in [1.807, 2.05) is 12.4 Å². The third-order valence-corrected chi connectivity index (χ3v) is 3.08. The molecule has 0 aromatic carbocycles. The molecule has 1 N–H and O–H groups in total. The molecule has 0 unspecified atom stereocenters. The smallest absolute Gasteiger partial charge is 0.122 e. The Labute approximate surface area is 109 Å². The van der Waals surface area contributed by atoms with Gasteiger partial charge in [0, 0.05) is 39.7 Å². The molecule has 0 saturated carbocycles. The molecule has 0 atom stereocenters. The van der Waals surface area contributed by atoms with Gasteiger partial charge in [-0.1, -0.05) is 0 Å². The van der Waals surface area contributed by atoms with Crippen molar-refractivity contribution in [1.29, 1.82) is 0 Å². The molecule has 0 saturated heterocycles.